The fraction of sp³-hybridized carbons (Fsp3) is 0.200. The molecular weight excluding hydrogens is 291 g/mol. The van der Waals surface area contributed by atoms with Crippen molar-refractivity contribution >= 4 is 5.71 Å². The Morgan fingerprint density at radius 2 is 2.00 bits per heavy atom. The lowest BCUT2D eigenvalue weighted by atomic mass is 10.1. The highest BCUT2D eigenvalue weighted by Crippen LogP contribution is 2.19. The topological polar surface area (TPSA) is 84.0 Å². The summed E-state index contributed by atoms with van der Waals surface area (Å²) in [7, 11) is 0. The Bertz CT molecular complexity index is 766. The molecule has 0 aliphatic heterocycles. The summed E-state index contributed by atoms with van der Waals surface area (Å²) in [5, 5.41) is 23.1. The second kappa shape index (κ2) is 6.30. The molecule has 7 heteroatoms. The van der Waals surface area contributed by atoms with E-state index in [0.717, 1.165) is 5.56 Å². The van der Waals surface area contributed by atoms with Crippen LogP contribution in [0.3, 0.4) is 0 Å². The average Bonchev–Trinajstić information content (AvgIpc) is 2.47. The minimum atomic E-state index is -0.737. The van der Waals surface area contributed by atoms with Gasteiger partial charge in [0, 0.05) is 6.07 Å². The van der Waals surface area contributed by atoms with E-state index in [0.29, 0.717) is 11.3 Å². The third kappa shape index (κ3) is 3.25. The van der Waals surface area contributed by atoms with Gasteiger partial charge in [0.15, 0.2) is 0 Å². The zero-order valence-corrected chi connectivity index (χ0v) is 12.1. The number of rotatable bonds is 4. The number of aryl methyl sites for hydroxylation is 1. The van der Waals surface area contributed by atoms with Gasteiger partial charge in [-0.2, -0.15) is 0 Å². The highest BCUT2D eigenvalue weighted by molar-refractivity contribution is 6.01. The molecule has 2 rings (SSSR count). The SMILES string of the molecule is C/C(=N/OCc1ccc(F)cc1)c1c(C)cc(=O)n(O)c1O. The van der Waals surface area contributed by atoms with E-state index in [2.05, 4.69) is 5.16 Å². The zero-order valence-electron chi connectivity index (χ0n) is 12.1. The number of pyridine rings is 1. The van der Waals surface area contributed by atoms with Crippen LogP contribution in [0.15, 0.2) is 40.3 Å². The van der Waals surface area contributed by atoms with Gasteiger partial charge in [0.1, 0.15) is 12.4 Å². The molecule has 1 aromatic heterocycles. The Balaban J connectivity index is 2.18. The lowest BCUT2D eigenvalue weighted by Gasteiger charge is -2.09. The molecule has 0 aliphatic rings. The van der Waals surface area contributed by atoms with Crippen molar-refractivity contribution in [1.29, 1.82) is 0 Å². The normalized spacial score (nSPS) is 11.5. The molecule has 2 aromatic rings. The lowest BCUT2D eigenvalue weighted by Crippen LogP contribution is -2.20. The van der Waals surface area contributed by atoms with Crippen LogP contribution in [0.2, 0.25) is 0 Å². The van der Waals surface area contributed by atoms with Gasteiger partial charge < -0.3 is 15.2 Å². The molecule has 0 saturated carbocycles. The van der Waals surface area contributed by atoms with E-state index in [-0.39, 0.29) is 22.7 Å². The maximum absolute atomic E-state index is 12.8. The first-order valence-electron chi connectivity index (χ1n) is 6.46. The van der Waals surface area contributed by atoms with Gasteiger partial charge in [-0.25, -0.2) is 4.39 Å². The third-order valence-electron chi connectivity index (χ3n) is 3.08. The number of hydrogen-bond donors (Lipinski definition) is 2. The van der Waals surface area contributed by atoms with Crippen LogP contribution in [0, 0.1) is 12.7 Å². The molecule has 2 N–H and O–H groups in total. The Morgan fingerprint density at radius 3 is 2.64 bits per heavy atom. The van der Waals surface area contributed by atoms with Crippen molar-refractivity contribution in [3.05, 3.63) is 63.2 Å². The summed E-state index contributed by atoms with van der Waals surface area (Å²) in [6.45, 7) is 3.29. The van der Waals surface area contributed by atoms with Crippen LogP contribution in [-0.4, -0.2) is 20.8 Å². The number of benzene rings is 1. The number of aromatic hydroxyl groups is 1. The van der Waals surface area contributed by atoms with Gasteiger partial charge in [-0.05, 0) is 37.1 Å². The van der Waals surface area contributed by atoms with Crippen LogP contribution in [0.25, 0.3) is 0 Å². The first-order valence-corrected chi connectivity index (χ1v) is 6.46. The van der Waals surface area contributed by atoms with E-state index in [1.54, 1.807) is 26.0 Å². The van der Waals surface area contributed by atoms with E-state index in [1.807, 2.05) is 0 Å². The molecule has 1 aromatic carbocycles. The van der Waals surface area contributed by atoms with Gasteiger partial charge in [0.05, 0.1) is 11.3 Å². The summed E-state index contributed by atoms with van der Waals surface area (Å²) >= 11 is 0. The summed E-state index contributed by atoms with van der Waals surface area (Å²) in [5.74, 6) is -0.939. The van der Waals surface area contributed by atoms with Crippen LogP contribution in [0.5, 0.6) is 5.88 Å². The van der Waals surface area contributed by atoms with Crippen LogP contribution in [0.1, 0.15) is 23.6 Å². The highest BCUT2D eigenvalue weighted by atomic mass is 19.1. The summed E-state index contributed by atoms with van der Waals surface area (Å²) in [5.41, 5.74) is 0.949. The van der Waals surface area contributed by atoms with E-state index in [4.69, 9.17) is 4.84 Å². The molecular formula is C15H15FN2O4. The smallest absolute Gasteiger partial charge is 0.286 e. The molecule has 0 unspecified atom stereocenters. The zero-order chi connectivity index (χ0) is 16.3. The van der Waals surface area contributed by atoms with Gasteiger partial charge in [0.25, 0.3) is 5.56 Å². The minimum absolute atomic E-state index is 0.121. The number of hydrogen-bond acceptors (Lipinski definition) is 5. The second-order valence-corrected chi connectivity index (χ2v) is 4.75. The lowest BCUT2D eigenvalue weighted by molar-refractivity contribution is 0.129. The van der Waals surface area contributed by atoms with Crippen molar-refractivity contribution in [2.24, 2.45) is 5.16 Å². The number of nitrogens with zero attached hydrogens (tertiary/aromatic N) is 2. The van der Waals surface area contributed by atoms with Gasteiger partial charge in [-0.3, -0.25) is 4.79 Å². The van der Waals surface area contributed by atoms with Gasteiger partial charge in [-0.15, -0.1) is 4.73 Å². The van der Waals surface area contributed by atoms with Crippen LogP contribution in [0.4, 0.5) is 4.39 Å². The fourth-order valence-electron chi connectivity index (χ4n) is 1.98. The molecule has 116 valence electrons. The quantitative estimate of drug-likeness (QED) is 0.515. The first-order chi connectivity index (χ1) is 10.4. The third-order valence-corrected chi connectivity index (χ3v) is 3.08. The second-order valence-electron chi connectivity index (χ2n) is 4.75. The van der Waals surface area contributed by atoms with Crippen molar-refractivity contribution in [3.63, 3.8) is 0 Å². The molecule has 0 saturated heterocycles. The van der Waals surface area contributed by atoms with E-state index < -0.39 is 11.4 Å². The molecule has 0 bridgehead atoms. The maximum Gasteiger partial charge on any atom is 0.286 e. The van der Waals surface area contributed by atoms with Gasteiger partial charge in [0.2, 0.25) is 5.88 Å². The van der Waals surface area contributed by atoms with Gasteiger partial charge in [-0.1, -0.05) is 17.3 Å². The number of oxime groups is 1. The summed E-state index contributed by atoms with van der Waals surface area (Å²) in [6, 6.07) is 6.93. The standard InChI is InChI=1S/C15H15FN2O4/c1-9-7-13(19)18(21)15(20)14(9)10(2)17-22-8-11-3-5-12(16)6-4-11/h3-7,20-21H,8H2,1-2H3/b17-10-. The Labute approximate surface area is 125 Å². The van der Waals surface area contributed by atoms with E-state index in [9.17, 15) is 19.5 Å². The first kappa shape index (κ1) is 15.6. The fourth-order valence-corrected chi connectivity index (χ4v) is 1.98. The minimum Gasteiger partial charge on any atom is -0.492 e. The predicted molar refractivity (Wildman–Crippen MR) is 77.7 cm³/mol. The molecule has 6 nitrogen and oxygen atoms in total. The molecule has 22 heavy (non-hydrogen) atoms. The van der Waals surface area contributed by atoms with Crippen LogP contribution in [-0.2, 0) is 11.4 Å². The van der Waals surface area contributed by atoms with Crippen LogP contribution >= 0.6 is 0 Å². The Kier molecular flexibility index (Phi) is 4.45. The van der Waals surface area contributed by atoms with Crippen molar-refractivity contribution < 1.29 is 19.5 Å². The van der Waals surface area contributed by atoms with E-state index in [1.165, 1.54) is 18.2 Å². The van der Waals surface area contributed by atoms with Crippen molar-refractivity contribution in [2.45, 2.75) is 20.5 Å². The highest BCUT2D eigenvalue weighted by Gasteiger charge is 2.15. The predicted octanol–water partition coefficient (Wildman–Crippen LogP) is 2.18. The summed E-state index contributed by atoms with van der Waals surface area (Å²) in [6.07, 6.45) is 0. The van der Waals surface area contributed by atoms with Crippen molar-refractivity contribution in [2.75, 3.05) is 0 Å². The molecule has 0 fully saturated rings. The number of aromatic nitrogens is 1. The Morgan fingerprint density at radius 1 is 1.36 bits per heavy atom. The molecule has 0 aliphatic carbocycles. The van der Waals surface area contributed by atoms with Crippen molar-refractivity contribution in [3.8, 4) is 5.88 Å². The van der Waals surface area contributed by atoms with E-state index >= 15 is 0 Å². The molecule has 0 amide bonds. The molecule has 1 heterocycles. The molecule has 0 atom stereocenters. The maximum atomic E-state index is 12.8. The van der Waals surface area contributed by atoms with Crippen molar-refractivity contribution in [1.82, 2.24) is 4.73 Å². The van der Waals surface area contributed by atoms with Crippen LogP contribution < -0.4 is 5.56 Å². The number of halogens is 1. The molecule has 0 spiro atoms. The van der Waals surface area contributed by atoms with Gasteiger partial charge >= 0.3 is 0 Å². The Hall–Kier alpha value is -2.83. The summed E-state index contributed by atoms with van der Waals surface area (Å²) in [4.78, 5) is 16.5. The summed E-state index contributed by atoms with van der Waals surface area (Å²) < 4.78 is 12.9. The largest absolute Gasteiger partial charge is 0.492 e. The average molecular weight is 306 g/mol. The molecule has 0 radical (unpaired) electrons. The monoisotopic (exact) mass is 306 g/mol.